The topological polar surface area (TPSA) is 108 Å². The summed E-state index contributed by atoms with van der Waals surface area (Å²) in [6.07, 6.45) is 2.70. The van der Waals surface area contributed by atoms with E-state index in [1.54, 1.807) is 0 Å². The summed E-state index contributed by atoms with van der Waals surface area (Å²) < 4.78 is 26.0. The van der Waals surface area contributed by atoms with Gasteiger partial charge in [-0.05, 0) is 43.7 Å². The van der Waals surface area contributed by atoms with Crippen LogP contribution in [0.3, 0.4) is 0 Å². The van der Waals surface area contributed by atoms with E-state index in [4.69, 9.17) is 0 Å². The lowest BCUT2D eigenvalue weighted by Gasteiger charge is -2.33. The highest BCUT2D eigenvalue weighted by molar-refractivity contribution is 6.09. The maximum atomic E-state index is 13.1. The summed E-state index contributed by atoms with van der Waals surface area (Å²) in [4.78, 5) is 49.7. The Morgan fingerprint density at radius 1 is 1.17 bits per heavy atom. The van der Waals surface area contributed by atoms with Crippen LogP contribution in [-0.2, 0) is 14.4 Å². The summed E-state index contributed by atoms with van der Waals surface area (Å²) in [6, 6.07) is 2.23. The van der Waals surface area contributed by atoms with Crippen LogP contribution in [0.5, 0.6) is 0 Å². The molecule has 5 amide bonds. The second kappa shape index (κ2) is 8.14. The molecule has 156 valence electrons. The minimum atomic E-state index is -1.11. The monoisotopic (exact) mass is 408 g/mol. The van der Waals surface area contributed by atoms with Gasteiger partial charge in [0, 0.05) is 11.8 Å². The molecular weight excluding hydrogens is 386 g/mol. The predicted octanol–water partition coefficient (Wildman–Crippen LogP) is 1.52. The second-order valence-corrected chi connectivity index (χ2v) is 7.54. The standard InChI is InChI=1S/C19H22F2N4O4/c1-11-4-6-19(7-5-11)17(28)25(18(29)24-19)10-16(27)22-9-15(26)23-12-2-3-13(20)14(21)8-12/h2-3,8,11H,4-7,9-10H2,1H3,(H,22,27)(H,23,26)(H,24,29). The summed E-state index contributed by atoms with van der Waals surface area (Å²) >= 11 is 0. The number of hydrogen-bond donors (Lipinski definition) is 3. The van der Waals surface area contributed by atoms with E-state index < -0.39 is 54.0 Å². The van der Waals surface area contributed by atoms with Gasteiger partial charge >= 0.3 is 6.03 Å². The Bertz CT molecular complexity index is 853. The quantitative estimate of drug-likeness (QED) is 0.642. The zero-order valence-corrected chi connectivity index (χ0v) is 15.9. The van der Waals surface area contributed by atoms with Crippen LogP contribution in [0.25, 0.3) is 0 Å². The predicted molar refractivity (Wildman–Crippen MR) is 98.6 cm³/mol. The molecule has 1 spiro atoms. The zero-order valence-electron chi connectivity index (χ0n) is 15.9. The van der Waals surface area contributed by atoms with Gasteiger partial charge in [-0.2, -0.15) is 0 Å². The van der Waals surface area contributed by atoms with E-state index >= 15 is 0 Å². The third-order valence-electron chi connectivity index (χ3n) is 5.32. The number of nitrogens with one attached hydrogen (secondary N) is 3. The largest absolute Gasteiger partial charge is 0.345 e. The fourth-order valence-electron chi connectivity index (χ4n) is 3.57. The summed E-state index contributed by atoms with van der Waals surface area (Å²) in [5.41, 5.74) is -0.904. The molecule has 1 saturated heterocycles. The van der Waals surface area contributed by atoms with Gasteiger partial charge in [0.05, 0.1) is 6.54 Å². The van der Waals surface area contributed by atoms with Gasteiger partial charge in [0.15, 0.2) is 11.6 Å². The Morgan fingerprint density at radius 3 is 2.52 bits per heavy atom. The van der Waals surface area contributed by atoms with Crippen LogP contribution in [-0.4, -0.2) is 47.3 Å². The number of hydrogen-bond acceptors (Lipinski definition) is 4. The Hall–Kier alpha value is -3.04. The first-order valence-corrected chi connectivity index (χ1v) is 9.36. The van der Waals surface area contributed by atoms with Crippen LogP contribution in [0.2, 0.25) is 0 Å². The molecule has 1 saturated carbocycles. The average molecular weight is 408 g/mol. The molecular formula is C19H22F2N4O4. The molecule has 0 bridgehead atoms. The van der Waals surface area contributed by atoms with E-state index in [1.165, 1.54) is 6.07 Å². The van der Waals surface area contributed by atoms with Crippen molar-refractivity contribution in [2.45, 2.75) is 38.1 Å². The number of amides is 5. The fourth-order valence-corrected chi connectivity index (χ4v) is 3.57. The summed E-state index contributed by atoms with van der Waals surface area (Å²) in [5.74, 6) is -3.45. The van der Waals surface area contributed by atoms with Crippen LogP contribution in [0.4, 0.5) is 19.3 Å². The fraction of sp³-hybridized carbons (Fsp3) is 0.474. The Morgan fingerprint density at radius 2 is 1.86 bits per heavy atom. The third kappa shape index (κ3) is 4.52. The molecule has 0 atom stereocenters. The molecule has 10 heteroatoms. The third-order valence-corrected chi connectivity index (χ3v) is 5.32. The first-order valence-electron chi connectivity index (χ1n) is 9.36. The first-order chi connectivity index (χ1) is 13.7. The molecule has 0 aromatic heterocycles. The van der Waals surface area contributed by atoms with Crippen molar-refractivity contribution in [3.63, 3.8) is 0 Å². The van der Waals surface area contributed by atoms with Gasteiger partial charge in [-0.25, -0.2) is 13.6 Å². The van der Waals surface area contributed by atoms with Crippen molar-refractivity contribution < 1.29 is 28.0 Å². The van der Waals surface area contributed by atoms with Crippen LogP contribution >= 0.6 is 0 Å². The molecule has 1 heterocycles. The smallest absolute Gasteiger partial charge is 0.325 e. The number of anilines is 1. The number of halogens is 2. The molecule has 8 nitrogen and oxygen atoms in total. The van der Waals surface area contributed by atoms with Crippen LogP contribution in [0, 0.1) is 17.6 Å². The van der Waals surface area contributed by atoms with Crippen molar-refractivity contribution in [3.8, 4) is 0 Å². The molecule has 1 aromatic rings. The van der Waals surface area contributed by atoms with Gasteiger partial charge in [0.25, 0.3) is 5.91 Å². The maximum absolute atomic E-state index is 13.1. The average Bonchev–Trinajstić information content (AvgIpc) is 2.90. The lowest BCUT2D eigenvalue weighted by atomic mass is 9.77. The number of nitrogens with zero attached hydrogens (tertiary/aromatic N) is 1. The van der Waals surface area contributed by atoms with Gasteiger partial charge in [-0.1, -0.05) is 6.92 Å². The van der Waals surface area contributed by atoms with Crippen LogP contribution in [0.15, 0.2) is 18.2 Å². The number of imide groups is 1. The summed E-state index contributed by atoms with van der Waals surface area (Å²) in [7, 11) is 0. The van der Waals surface area contributed by atoms with Crippen molar-refractivity contribution in [2.75, 3.05) is 18.4 Å². The maximum Gasteiger partial charge on any atom is 0.325 e. The molecule has 1 aliphatic heterocycles. The highest BCUT2D eigenvalue weighted by Gasteiger charge is 2.52. The highest BCUT2D eigenvalue weighted by atomic mass is 19.2. The number of carbonyl (C=O) groups is 4. The van der Waals surface area contributed by atoms with E-state index in [1.807, 2.05) is 0 Å². The van der Waals surface area contributed by atoms with Crippen molar-refractivity contribution in [2.24, 2.45) is 5.92 Å². The lowest BCUT2D eigenvalue weighted by molar-refractivity contribution is -0.136. The Kier molecular flexibility index (Phi) is 5.81. The molecule has 0 unspecified atom stereocenters. The van der Waals surface area contributed by atoms with Crippen molar-refractivity contribution in [3.05, 3.63) is 29.8 Å². The van der Waals surface area contributed by atoms with E-state index in [0.717, 1.165) is 29.9 Å². The first kappa shape index (κ1) is 20.7. The zero-order chi connectivity index (χ0) is 21.2. The number of carbonyl (C=O) groups excluding carboxylic acids is 4. The van der Waals surface area contributed by atoms with Crippen molar-refractivity contribution in [1.29, 1.82) is 0 Å². The van der Waals surface area contributed by atoms with Gasteiger partial charge in [-0.15, -0.1) is 0 Å². The molecule has 2 fully saturated rings. The Labute approximate surface area is 166 Å². The highest BCUT2D eigenvalue weighted by Crippen LogP contribution is 2.36. The van der Waals surface area contributed by atoms with E-state index in [0.29, 0.717) is 18.8 Å². The molecule has 3 rings (SSSR count). The minimum Gasteiger partial charge on any atom is -0.345 e. The molecule has 3 N–H and O–H groups in total. The molecule has 2 aliphatic rings. The van der Waals surface area contributed by atoms with E-state index in [2.05, 4.69) is 22.9 Å². The molecule has 29 heavy (non-hydrogen) atoms. The van der Waals surface area contributed by atoms with Gasteiger partial charge in [-0.3, -0.25) is 19.3 Å². The van der Waals surface area contributed by atoms with Gasteiger partial charge < -0.3 is 16.0 Å². The number of rotatable bonds is 5. The van der Waals surface area contributed by atoms with Gasteiger partial charge in [0.1, 0.15) is 12.1 Å². The Balaban J connectivity index is 1.50. The van der Waals surface area contributed by atoms with Gasteiger partial charge in [0.2, 0.25) is 11.8 Å². The van der Waals surface area contributed by atoms with Crippen LogP contribution in [0.1, 0.15) is 32.6 Å². The summed E-state index contributed by atoms with van der Waals surface area (Å²) in [6.45, 7) is 1.13. The second-order valence-electron chi connectivity index (χ2n) is 7.54. The lowest BCUT2D eigenvalue weighted by Crippen LogP contribution is -2.50. The number of benzene rings is 1. The van der Waals surface area contributed by atoms with Crippen molar-refractivity contribution >= 4 is 29.4 Å². The molecule has 1 aromatic carbocycles. The normalized spacial score (nSPS) is 23.8. The van der Waals surface area contributed by atoms with E-state index in [9.17, 15) is 28.0 Å². The molecule has 1 aliphatic carbocycles. The molecule has 0 radical (unpaired) electrons. The van der Waals surface area contributed by atoms with E-state index in [-0.39, 0.29) is 5.69 Å². The minimum absolute atomic E-state index is 0.0331. The summed E-state index contributed by atoms with van der Waals surface area (Å²) in [5, 5.41) is 7.32. The SMILES string of the molecule is CC1CCC2(CC1)NC(=O)N(CC(=O)NCC(=O)Nc1ccc(F)c(F)c1)C2=O. The van der Waals surface area contributed by atoms with Crippen molar-refractivity contribution in [1.82, 2.24) is 15.5 Å². The van der Waals surface area contributed by atoms with Crippen LogP contribution < -0.4 is 16.0 Å². The number of urea groups is 1.